The highest BCUT2D eigenvalue weighted by molar-refractivity contribution is 6.74. The molecule has 1 aliphatic rings. The highest BCUT2D eigenvalue weighted by Crippen LogP contribution is 2.59. The Bertz CT molecular complexity index is 601. The fourth-order valence-corrected chi connectivity index (χ4v) is 4.20. The third kappa shape index (κ3) is 2.77. The number of ether oxygens (including phenoxy) is 2. The second-order valence-electron chi connectivity index (χ2n) is 7.68. The molecule has 2 rings (SSSR count). The minimum atomic E-state index is -1.92. The highest BCUT2D eigenvalue weighted by atomic mass is 28.4. The van der Waals surface area contributed by atoms with Crippen molar-refractivity contribution in [2.45, 2.75) is 57.5 Å². The molecule has 0 bridgehead atoms. The van der Waals surface area contributed by atoms with Crippen LogP contribution in [0.15, 0.2) is 30.4 Å². The molecule has 0 saturated heterocycles. The standard InChI is InChI=1S/C19H30O3Si/c1-9-13-19(21-6)16-14(11-10-12-15(16)20-5)17(19)22-23(7,8)18(2,3)4/h9-13,17H,1-8H3/b13-9+/t17-,19+/m0/s1. The summed E-state index contributed by atoms with van der Waals surface area (Å²) >= 11 is 0. The van der Waals surface area contributed by atoms with Crippen molar-refractivity contribution in [2.75, 3.05) is 14.2 Å². The molecule has 0 aliphatic heterocycles. The van der Waals surface area contributed by atoms with Gasteiger partial charge in [0.05, 0.1) is 7.11 Å². The van der Waals surface area contributed by atoms with Crippen LogP contribution in [0.25, 0.3) is 0 Å². The van der Waals surface area contributed by atoms with Crippen LogP contribution in [-0.4, -0.2) is 22.5 Å². The maximum Gasteiger partial charge on any atom is 0.193 e. The van der Waals surface area contributed by atoms with Crippen LogP contribution in [0, 0.1) is 0 Å². The van der Waals surface area contributed by atoms with Crippen LogP contribution in [0.3, 0.4) is 0 Å². The summed E-state index contributed by atoms with van der Waals surface area (Å²) in [7, 11) is 1.53. The summed E-state index contributed by atoms with van der Waals surface area (Å²) in [6.07, 6.45) is 4.03. The van der Waals surface area contributed by atoms with Crippen LogP contribution in [0.4, 0.5) is 0 Å². The second-order valence-corrected chi connectivity index (χ2v) is 12.4. The molecular weight excluding hydrogens is 304 g/mol. The zero-order valence-electron chi connectivity index (χ0n) is 15.7. The molecule has 128 valence electrons. The van der Waals surface area contributed by atoms with Gasteiger partial charge in [-0.25, -0.2) is 0 Å². The first-order valence-corrected chi connectivity index (χ1v) is 11.1. The third-order valence-corrected chi connectivity index (χ3v) is 9.75. The van der Waals surface area contributed by atoms with Gasteiger partial charge in [-0.1, -0.05) is 39.0 Å². The Morgan fingerprint density at radius 2 is 1.83 bits per heavy atom. The van der Waals surface area contributed by atoms with E-state index in [1.165, 1.54) is 5.56 Å². The van der Waals surface area contributed by atoms with Crippen molar-refractivity contribution >= 4 is 8.32 Å². The highest BCUT2D eigenvalue weighted by Gasteiger charge is 2.56. The number of allylic oxidation sites excluding steroid dienone is 1. The Balaban J connectivity index is 2.53. The normalized spacial score (nSPS) is 24.4. The van der Waals surface area contributed by atoms with E-state index < -0.39 is 13.9 Å². The SMILES string of the molecule is C/C=C/[C@@]1(OC)c2c(OC)cccc2[C@@H]1O[Si](C)(C)C(C)(C)C. The van der Waals surface area contributed by atoms with Gasteiger partial charge in [0.1, 0.15) is 17.5 Å². The van der Waals surface area contributed by atoms with E-state index in [1.807, 2.05) is 25.1 Å². The van der Waals surface area contributed by atoms with Crippen molar-refractivity contribution in [2.24, 2.45) is 0 Å². The molecule has 0 saturated carbocycles. The molecule has 0 heterocycles. The minimum absolute atomic E-state index is 0.0882. The lowest BCUT2D eigenvalue weighted by Gasteiger charge is -2.52. The summed E-state index contributed by atoms with van der Waals surface area (Å²) < 4.78 is 18.3. The molecule has 23 heavy (non-hydrogen) atoms. The molecule has 1 aromatic carbocycles. The van der Waals surface area contributed by atoms with E-state index in [0.29, 0.717) is 0 Å². The summed E-state index contributed by atoms with van der Waals surface area (Å²) in [5, 5.41) is 0.150. The maximum atomic E-state index is 6.73. The van der Waals surface area contributed by atoms with Crippen LogP contribution < -0.4 is 4.74 Å². The predicted molar refractivity (Wildman–Crippen MR) is 97.5 cm³/mol. The third-order valence-electron chi connectivity index (χ3n) is 5.31. The van der Waals surface area contributed by atoms with Gasteiger partial charge in [0.25, 0.3) is 0 Å². The lowest BCUT2D eigenvalue weighted by Crippen LogP contribution is -2.52. The van der Waals surface area contributed by atoms with Gasteiger partial charge in [0.15, 0.2) is 8.32 Å². The van der Waals surface area contributed by atoms with Crippen molar-refractivity contribution in [1.29, 1.82) is 0 Å². The van der Waals surface area contributed by atoms with E-state index in [-0.39, 0.29) is 11.1 Å². The zero-order chi connectivity index (χ0) is 17.5. The summed E-state index contributed by atoms with van der Waals surface area (Å²) in [5.74, 6) is 0.859. The van der Waals surface area contributed by atoms with Gasteiger partial charge in [-0.15, -0.1) is 0 Å². The Kier molecular flexibility index (Phi) is 4.82. The van der Waals surface area contributed by atoms with Crippen molar-refractivity contribution in [3.05, 3.63) is 41.5 Å². The number of methoxy groups -OCH3 is 2. The average Bonchev–Trinajstić information content (AvgIpc) is 2.48. The first-order chi connectivity index (χ1) is 10.6. The molecule has 1 aliphatic carbocycles. The van der Waals surface area contributed by atoms with Gasteiger partial charge < -0.3 is 13.9 Å². The van der Waals surface area contributed by atoms with Gasteiger partial charge in [-0.05, 0) is 42.8 Å². The summed E-state index contributed by atoms with van der Waals surface area (Å²) in [6, 6.07) is 6.13. The molecular formula is C19H30O3Si. The number of hydrogen-bond donors (Lipinski definition) is 0. The van der Waals surface area contributed by atoms with Crippen LogP contribution in [0.1, 0.15) is 44.9 Å². The zero-order valence-corrected chi connectivity index (χ0v) is 16.7. The topological polar surface area (TPSA) is 27.7 Å². The van der Waals surface area contributed by atoms with Crippen LogP contribution >= 0.6 is 0 Å². The first-order valence-electron chi connectivity index (χ1n) is 8.19. The van der Waals surface area contributed by atoms with Gasteiger partial charge in [-0.2, -0.15) is 0 Å². The first kappa shape index (κ1) is 18.2. The molecule has 0 N–H and O–H groups in total. The maximum absolute atomic E-state index is 6.73. The van der Waals surface area contributed by atoms with E-state index in [1.54, 1.807) is 14.2 Å². The van der Waals surface area contributed by atoms with E-state index in [2.05, 4.69) is 46.0 Å². The summed E-state index contributed by atoms with van der Waals surface area (Å²) in [4.78, 5) is 0. The summed E-state index contributed by atoms with van der Waals surface area (Å²) in [6.45, 7) is 13.3. The Morgan fingerprint density at radius 3 is 2.30 bits per heavy atom. The average molecular weight is 335 g/mol. The molecule has 0 radical (unpaired) electrons. The van der Waals surface area contributed by atoms with Gasteiger partial charge >= 0.3 is 0 Å². The van der Waals surface area contributed by atoms with Crippen LogP contribution in [0.5, 0.6) is 5.75 Å². The van der Waals surface area contributed by atoms with E-state index >= 15 is 0 Å². The lowest BCUT2D eigenvalue weighted by atomic mass is 9.69. The molecule has 2 atom stereocenters. The van der Waals surface area contributed by atoms with Crippen molar-refractivity contribution in [3.8, 4) is 5.75 Å². The molecule has 3 nitrogen and oxygen atoms in total. The molecule has 1 aromatic rings. The molecule has 0 unspecified atom stereocenters. The Morgan fingerprint density at radius 1 is 1.17 bits per heavy atom. The van der Waals surface area contributed by atoms with E-state index in [4.69, 9.17) is 13.9 Å². The molecule has 0 aromatic heterocycles. The van der Waals surface area contributed by atoms with E-state index in [9.17, 15) is 0 Å². The molecule has 4 heteroatoms. The predicted octanol–water partition coefficient (Wildman–Crippen LogP) is 5.19. The van der Waals surface area contributed by atoms with E-state index in [0.717, 1.165) is 11.3 Å². The molecule has 0 spiro atoms. The number of benzene rings is 1. The molecule has 0 fully saturated rings. The van der Waals surface area contributed by atoms with Gasteiger partial charge in [-0.3, -0.25) is 0 Å². The van der Waals surface area contributed by atoms with Crippen molar-refractivity contribution in [3.63, 3.8) is 0 Å². The minimum Gasteiger partial charge on any atom is -0.496 e. The number of rotatable bonds is 5. The van der Waals surface area contributed by atoms with Crippen molar-refractivity contribution in [1.82, 2.24) is 0 Å². The molecule has 0 amide bonds. The van der Waals surface area contributed by atoms with Gasteiger partial charge in [0.2, 0.25) is 0 Å². The van der Waals surface area contributed by atoms with Gasteiger partial charge in [0, 0.05) is 12.7 Å². The Labute approximate surface area is 141 Å². The monoisotopic (exact) mass is 334 g/mol. The summed E-state index contributed by atoms with van der Waals surface area (Å²) in [5.41, 5.74) is 1.70. The Hall–Kier alpha value is -1.10. The largest absolute Gasteiger partial charge is 0.496 e. The number of fused-ring (bicyclic) bond motifs is 1. The lowest BCUT2D eigenvalue weighted by molar-refractivity contribution is -0.0982. The fraction of sp³-hybridized carbons (Fsp3) is 0.579. The van der Waals surface area contributed by atoms with Crippen LogP contribution in [0.2, 0.25) is 18.1 Å². The van der Waals surface area contributed by atoms with Crippen molar-refractivity contribution < 1.29 is 13.9 Å². The number of hydrogen-bond acceptors (Lipinski definition) is 3. The second kappa shape index (κ2) is 6.08. The fourth-order valence-electron chi connectivity index (χ4n) is 2.96. The smallest absolute Gasteiger partial charge is 0.193 e. The quantitative estimate of drug-likeness (QED) is 0.548. The van der Waals surface area contributed by atoms with Crippen LogP contribution in [-0.2, 0) is 14.8 Å².